The molecule has 0 amide bonds. The van der Waals surface area contributed by atoms with Crippen molar-refractivity contribution in [2.75, 3.05) is 0 Å². The van der Waals surface area contributed by atoms with Crippen molar-refractivity contribution in [1.29, 1.82) is 0 Å². The second kappa shape index (κ2) is 6.03. The van der Waals surface area contributed by atoms with Gasteiger partial charge >= 0.3 is 0 Å². The predicted octanol–water partition coefficient (Wildman–Crippen LogP) is 4.48. The van der Waals surface area contributed by atoms with Crippen molar-refractivity contribution in [2.24, 2.45) is 0 Å². The molecule has 1 heterocycles. The summed E-state index contributed by atoms with van der Waals surface area (Å²) in [5.74, 6) is 0.145. The molecule has 0 aliphatic carbocycles. The zero-order chi connectivity index (χ0) is 13.0. The minimum absolute atomic E-state index is 0.145. The molecule has 0 unspecified atom stereocenters. The average Bonchev–Trinajstić information content (AvgIpc) is 2.41. The maximum absolute atomic E-state index is 11.8. The van der Waals surface area contributed by atoms with Crippen molar-refractivity contribution in [3.05, 3.63) is 53.2 Å². The van der Waals surface area contributed by atoms with Gasteiger partial charge < -0.3 is 0 Å². The van der Waals surface area contributed by atoms with Gasteiger partial charge in [0.05, 0.1) is 5.02 Å². The number of pyridine rings is 1. The highest BCUT2D eigenvalue weighted by Gasteiger charge is 2.10. The van der Waals surface area contributed by atoms with E-state index in [1.54, 1.807) is 12.3 Å². The lowest BCUT2D eigenvalue weighted by molar-refractivity contribution is 0.0985. The number of halogens is 1. The van der Waals surface area contributed by atoms with Crippen LogP contribution in [0.25, 0.3) is 0 Å². The van der Waals surface area contributed by atoms with E-state index < -0.39 is 0 Å². The van der Waals surface area contributed by atoms with Crippen LogP contribution in [-0.2, 0) is 0 Å². The Morgan fingerprint density at radius 3 is 2.72 bits per heavy atom. The van der Waals surface area contributed by atoms with Crippen LogP contribution >= 0.6 is 23.4 Å². The lowest BCUT2D eigenvalue weighted by Gasteiger charge is -2.06. The fourth-order valence-electron chi connectivity index (χ4n) is 1.51. The third kappa shape index (κ3) is 3.12. The van der Waals surface area contributed by atoms with E-state index in [9.17, 15) is 4.79 Å². The summed E-state index contributed by atoms with van der Waals surface area (Å²) in [7, 11) is 0. The molecule has 4 heteroatoms. The van der Waals surface area contributed by atoms with Crippen LogP contribution in [0.15, 0.2) is 52.5 Å². The summed E-state index contributed by atoms with van der Waals surface area (Å²) >= 11 is 7.27. The quantitative estimate of drug-likeness (QED) is 0.772. The van der Waals surface area contributed by atoms with Crippen LogP contribution in [0, 0.1) is 0 Å². The minimum atomic E-state index is 0.145. The number of nitrogens with zero attached hydrogens (tertiary/aromatic N) is 1. The molecule has 0 N–H and O–H groups in total. The molecule has 2 rings (SSSR count). The van der Waals surface area contributed by atoms with Crippen LogP contribution in [-0.4, -0.2) is 10.8 Å². The first-order valence-electron chi connectivity index (χ1n) is 5.62. The predicted molar refractivity (Wildman–Crippen MR) is 74.4 cm³/mol. The zero-order valence-electron chi connectivity index (χ0n) is 9.89. The molecule has 0 saturated heterocycles. The Labute approximate surface area is 115 Å². The minimum Gasteiger partial charge on any atom is -0.294 e. The van der Waals surface area contributed by atoms with Gasteiger partial charge in [-0.15, -0.1) is 0 Å². The van der Waals surface area contributed by atoms with Crippen molar-refractivity contribution < 1.29 is 4.79 Å². The van der Waals surface area contributed by atoms with Crippen LogP contribution in [0.3, 0.4) is 0 Å². The summed E-state index contributed by atoms with van der Waals surface area (Å²) in [6.07, 6.45) is 2.11. The van der Waals surface area contributed by atoms with Gasteiger partial charge in [-0.1, -0.05) is 48.5 Å². The second-order valence-electron chi connectivity index (χ2n) is 3.69. The van der Waals surface area contributed by atoms with E-state index in [1.807, 2.05) is 37.3 Å². The molecule has 2 nitrogen and oxygen atoms in total. The van der Waals surface area contributed by atoms with Gasteiger partial charge in [0.1, 0.15) is 5.03 Å². The Hall–Kier alpha value is -1.32. The monoisotopic (exact) mass is 277 g/mol. The number of Topliss-reactive ketones (excluding diaryl/α,β-unsaturated/α-hetero) is 1. The maximum Gasteiger partial charge on any atom is 0.163 e. The Morgan fingerprint density at radius 1 is 1.28 bits per heavy atom. The molecule has 0 radical (unpaired) electrons. The molecule has 2 aromatic rings. The molecule has 1 aromatic carbocycles. The summed E-state index contributed by atoms with van der Waals surface area (Å²) < 4.78 is 0. The number of ketones is 1. The van der Waals surface area contributed by atoms with Crippen LogP contribution in [0.2, 0.25) is 5.02 Å². The molecule has 0 fully saturated rings. The first kappa shape index (κ1) is 13.1. The van der Waals surface area contributed by atoms with Gasteiger partial charge in [0, 0.05) is 23.1 Å². The lowest BCUT2D eigenvalue weighted by Crippen LogP contribution is -1.98. The molecule has 92 valence electrons. The standard InChI is InChI=1S/C14H12ClNOS/c1-2-12(17)11-5-3-4-6-13(11)18-14-8-7-10(15)9-16-14/h3-9H,2H2,1H3. The normalized spacial score (nSPS) is 10.3. The molecule has 1 aromatic heterocycles. The van der Waals surface area contributed by atoms with Crippen molar-refractivity contribution >= 4 is 29.1 Å². The van der Waals surface area contributed by atoms with Gasteiger partial charge in [0.15, 0.2) is 5.78 Å². The van der Waals surface area contributed by atoms with E-state index in [0.29, 0.717) is 11.4 Å². The number of rotatable bonds is 4. The molecule has 0 aliphatic rings. The highest BCUT2D eigenvalue weighted by molar-refractivity contribution is 7.99. The van der Waals surface area contributed by atoms with Crippen LogP contribution in [0.1, 0.15) is 23.7 Å². The fraction of sp³-hybridized carbons (Fsp3) is 0.143. The summed E-state index contributed by atoms with van der Waals surface area (Å²) in [4.78, 5) is 17.0. The number of carbonyl (C=O) groups excluding carboxylic acids is 1. The van der Waals surface area contributed by atoms with Crippen molar-refractivity contribution in [1.82, 2.24) is 4.98 Å². The number of hydrogen-bond donors (Lipinski definition) is 0. The molecule has 0 aliphatic heterocycles. The molecule has 0 atom stereocenters. The number of hydrogen-bond acceptors (Lipinski definition) is 3. The SMILES string of the molecule is CCC(=O)c1ccccc1Sc1ccc(Cl)cn1. The molecular weight excluding hydrogens is 266 g/mol. The second-order valence-corrected chi connectivity index (χ2v) is 5.19. The molecule has 18 heavy (non-hydrogen) atoms. The number of benzene rings is 1. The van der Waals surface area contributed by atoms with Gasteiger partial charge in [-0.3, -0.25) is 4.79 Å². The first-order chi connectivity index (χ1) is 8.70. The third-order valence-corrected chi connectivity index (χ3v) is 3.67. The van der Waals surface area contributed by atoms with Gasteiger partial charge in [-0.05, 0) is 18.2 Å². The van der Waals surface area contributed by atoms with E-state index >= 15 is 0 Å². The van der Waals surface area contributed by atoms with Crippen LogP contribution < -0.4 is 0 Å². The van der Waals surface area contributed by atoms with Gasteiger partial charge in [-0.2, -0.15) is 0 Å². The Bertz CT molecular complexity index is 554. The van der Waals surface area contributed by atoms with Crippen molar-refractivity contribution in [3.8, 4) is 0 Å². The van der Waals surface area contributed by atoms with Gasteiger partial charge in [0.25, 0.3) is 0 Å². The summed E-state index contributed by atoms with van der Waals surface area (Å²) in [5, 5.41) is 1.44. The van der Waals surface area contributed by atoms with Crippen LogP contribution in [0.4, 0.5) is 0 Å². The summed E-state index contributed by atoms with van der Waals surface area (Å²) in [5.41, 5.74) is 0.752. The molecule has 0 bridgehead atoms. The Balaban J connectivity index is 2.28. The lowest BCUT2D eigenvalue weighted by atomic mass is 10.1. The van der Waals surface area contributed by atoms with E-state index in [1.165, 1.54) is 11.8 Å². The average molecular weight is 278 g/mol. The van der Waals surface area contributed by atoms with E-state index in [-0.39, 0.29) is 5.78 Å². The summed E-state index contributed by atoms with van der Waals surface area (Å²) in [6, 6.07) is 11.2. The van der Waals surface area contributed by atoms with Crippen LogP contribution in [0.5, 0.6) is 0 Å². The molecular formula is C14H12ClNOS. The van der Waals surface area contributed by atoms with Crippen molar-refractivity contribution in [3.63, 3.8) is 0 Å². The third-order valence-electron chi connectivity index (χ3n) is 2.42. The first-order valence-corrected chi connectivity index (χ1v) is 6.81. The van der Waals surface area contributed by atoms with E-state index in [4.69, 9.17) is 11.6 Å². The Morgan fingerprint density at radius 2 is 2.06 bits per heavy atom. The maximum atomic E-state index is 11.8. The highest BCUT2D eigenvalue weighted by Crippen LogP contribution is 2.30. The van der Waals surface area contributed by atoms with Crippen molar-refractivity contribution in [2.45, 2.75) is 23.3 Å². The summed E-state index contributed by atoms with van der Waals surface area (Å²) in [6.45, 7) is 1.87. The topological polar surface area (TPSA) is 30.0 Å². The fourth-order valence-corrected chi connectivity index (χ4v) is 2.53. The van der Waals surface area contributed by atoms with Gasteiger partial charge in [-0.25, -0.2) is 4.98 Å². The molecule has 0 spiro atoms. The van der Waals surface area contributed by atoms with Gasteiger partial charge in [0.2, 0.25) is 0 Å². The van der Waals surface area contributed by atoms with E-state index in [2.05, 4.69) is 4.98 Å². The zero-order valence-corrected chi connectivity index (χ0v) is 11.5. The highest BCUT2D eigenvalue weighted by atomic mass is 35.5. The Kier molecular flexibility index (Phi) is 4.39. The van der Waals surface area contributed by atoms with E-state index in [0.717, 1.165) is 15.5 Å². The smallest absolute Gasteiger partial charge is 0.163 e. The number of aromatic nitrogens is 1. The largest absolute Gasteiger partial charge is 0.294 e. The molecule has 0 saturated carbocycles. The number of carbonyl (C=O) groups is 1.